The molecule has 3 aromatic rings. The summed E-state index contributed by atoms with van der Waals surface area (Å²) in [7, 11) is -3.18. The van der Waals surface area contributed by atoms with Gasteiger partial charge in [0.15, 0.2) is 0 Å². The van der Waals surface area contributed by atoms with Crippen molar-refractivity contribution in [2.45, 2.75) is 0 Å². The maximum absolute atomic E-state index is 11.7. The van der Waals surface area contributed by atoms with Crippen LogP contribution in [0.25, 0.3) is 16.6 Å². The Hall–Kier alpha value is -3.16. The number of hydrogen-bond acceptors (Lipinski definition) is 7. The molecule has 0 amide bonds. The highest BCUT2D eigenvalue weighted by Crippen LogP contribution is 2.26. The van der Waals surface area contributed by atoms with E-state index in [1.165, 1.54) is 22.7 Å². The number of aromatic nitrogens is 3. The highest BCUT2D eigenvalue weighted by Gasteiger charge is 2.24. The fraction of sp³-hybridized carbons (Fsp3) is 0.278. The molecule has 0 bridgehead atoms. The summed E-state index contributed by atoms with van der Waals surface area (Å²) in [6.45, 7) is 1.97. The van der Waals surface area contributed by atoms with Crippen molar-refractivity contribution in [1.29, 1.82) is 5.26 Å². The molecule has 9 nitrogen and oxygen atoms in total. The minimum atomic E-state index is -3.18. The van der Waals surface area contributed by atoms with Gasteiger partial charge in [0.05, 0.1) is 35.4 Å². The maximum Gasteiger partial charge on any atom is 0.211 e. The van der Waals surface area contributed by atoms with E-state index in [0.717, 1.165) is 11.2 Å². The number of piperazine rings is 1. The lowest BCUT2D eigenvalue weighted by Crippen LogP contribution is -2.48. The van der Waals surface area contributed by atoms with Crippen LogP contribution < -0.4 is 4.90 Å². The summed E-state index contributed by atoms with van der Waals surface area (Å²) in [4.78, 5) is 6.54. The fourth-order valence-electron chi connectivity index (χ4n) is 3.32. The Labute approximate surface area is 162 Å². The standard InChI is InChI=1S/C18H18N6O3S/c1-28(26,27)23-6-4-22(5-7-23)18-8-14-11-21-24(17(14)12-20-18)16-9-15(25)3-2-13(16)10-19/h2-3,8-9,11-12,25H,4-7H2,1H3. The number of nitrogens with zero attached hydrogens (tertiary/aromatic N) is 6. The number of phenolic OH excluding ortho intramolecular Hbond substituents is 1. The number of phenols is 1. The second kappa shape index (κ2) is 6.78. The van der Waals surface area contributed by atoms with Crippen molar-refractivity contribution in [1.82, 2.24) is 19.1 Å². The van der Waals surface area contributed by atoms with Gasteiger partial charge in [0.2, 0.25) is 10.0 Å². The number of nitriles is 1. The molecule has 1 fully saturated rings. The zero-order valence-corrected chi connectivity index (χ0v) is 16.0. The predicted molar refractivity (Wildman–Crippen MR) is 104 cm³/mol. The normalized spacial score (nSPS) is 15.6. The molecule has 0 unspecified atom stereocenters. The minimum absolute atomic E-state index is 0.0472. The Morgan fingerprint density at radius 3 is 2.57 bits per heavy atom. The monoisotopic (exact) mass is 398 g/mol. The van der Waals surface area contributed by atoms with E-state index in [9.17, 15) is 18.8 Å². The molecule has 2 aromatic heterocycles. The molecule has 0 atom stereocenters. The van der Waals surface area contributed by atoms with Crippen LogP contribution in [0.5, 0.6) is 5.75 Å². The van der Waals surface area contributed by atoms with Crippen LogP contribution in [0.1, 0.15) is 5.56 Å². The second-order valence-corrected chi connectivity index (χ2v) is 8.60. The predicted octanol–water partition coefficient (Wildman–Crippen LogP) is 1.08. The van der Waals surface area contributed by atoms with Crippen LogP contribution in [-0.2, 0) is 10.0 Å². The van der Waals surface area contributed by atoms with Gasteiger partial charge in [-0.1, -0.05) is 0 Å². The van der Waals surface area contributed by atoms with Crippen LogP contribution in [-0.4, -0.2) is 65.0 Å². The second-order valence-electron chi connectivity index (χ2n) is 6.62. The van der Waals surface area contributed by atoms with Gasteiger partial charge in [-0.2, -0.15) is 14.7 Å². The molecule has 3 heterocycles. The molecule has 0 spiro atoms. The average Bonchev–Trinajstić information content (AvgIpc) is 3.10. The molecular formula is C18H18N6O3S. The van der Waals surface area contributed by atoms with Crippen LogP contribution in [0.3, 0.4) is 0 Å². The fourth-order valence-corrected chi connectivity index (χ4v) is 4.14. The van der Waals surface area contributed by atoms with E-state index < -0.39 is 10.0 Å². The number of pyridine rings is 1. The first-order valence-corrected chi connectivity index (χ1v) is 10.5. The Bertz CT molecular complexity index is 1190. The smallest absolute Gasteiger partial charge is 0.211 e. The molecule has 1 aliphatic rings. The number of aromatic hydroxyl groups is 1. The number of rotatable bonds is 3. The highest BCUT2D eigenvalue weighted by atomic mass is 32.2. The van der Waals surface area contributed by atoms with Crippen molar-refractivity contribution in [2.24, 2.45) is 0 Å². The quantitative estimate of drug-likeness (QED) is 0.702. The van der Waals surface area contributed by atoms with E-state index in [-0.39, 0.29) is 5.75 Å². The first-order chi connectivity index (χ1) is 13.4. The largest absolute Gasteiger partial charge is 0.508 e. The van der Waals surface area contributed by atoms with Crippen molar-refractivity contribution >= 4 is 26.7 Å². The number of sulfonamides is 1. The molecular weight excluding hydrogens is 380 g/mol. The van der Waals surface area contributed by atoms with Crippen molar-refractivity contribution < 1.29 is 13.5 Å². The molecule has 1 saturated heterocycles. The lowest BCUT2D eigenvalue weighted by atomic mass is 10.2. The van der Waals surface area contributed by atoms with Gasteiger partial charge in [0, 0.05) is 37.6 Å². The SMILES string of the molecule is CS(=O)(=O)N1CCN(c2cc3cnn(-c4cc(O)ccc4C#N)c3cn2)CC1. The first kappa shape index (κ1) is 18.2. The van der Waals surface area contributed by atoms with Crippen molar-refractivity contribution in [3.05, 3.63) is 42.2 Å². The summed E-state index contributed by atoms with van der Waals surface area (Å²) >= 11 is 0. The Morgan fingerprint density at radius 1 is 1.14 bits per heavy atom. The third-order valence-electron chi connectivity index (χ3n) is 4.80. The minimum Gasteiger partial charge on any atom is -0.508 e. The van der Waals surface area contributed by atoms with Gasteiger partial charge in [-0.25, -0.2) is 18.1 Å². The number of anilines is 1. The van der Waals surface area contributed by atoms with Gasteiger partial charge in [-0.3, -0.25) is 0 Å². The summed E-state index contributed by atoms with van der Waals surface area (Å²) in [6.07, 6.45) is 4.57. The summed E-state index contributed by atoms with van der Waals surface area (Å²) in [5.41, 5.74) is 1.58. The van der Waals surface area contributed by atoms with Gasteiger partial charge in [0.25, 0.3) is 0 Å². The van der Waals surface area contributed by atoms with E-state index in [2.05, 4.69) is 16.2 Å². The summed E-state index contributed by atoms with van der Waals surface area (Å²) < 4.78 is 26.4. The Morgan fingerprint density at radius 2 is 1.89 bits per heavy atom. The molecule has 1 aromatic carbocycles. The Kier molecular flexibility index (Phi) is 4.41. The number of fused-ring (bicyclic) bond motifs is 1. The summed E-state index contributed by atoms with van der Waals surface area (Å²) in [6, 6.07) is 8.48. The van der Waals surface area contributed by atoms with Crippen LogP contribution in [0, 0.1) is 11.3 Å². The van der Waals surface area contributed by atoms with Crippen LogP contribution in [0.2, 0.25) is 0 Å². The van der Waals surface area contributed by atoms with E-state index in [4.69, 9.17) is 0 Å². The molecule has 28 heavy (non-hydrogen) atoms. The number of hydrogen-bond donors (Lipinski definition) is 1. The van der Waals surface area contributed by atoms with Crippen molar-refractivity contribution in [2.75, 3.05) is 37.3 Å². The molecule has 0 saturated carbocycles. The van der Waals surface area contributed by atoms with Crippen LogP contribution >= 0.6 is 0 Å². The van der Waals surface area contributed by atoms with Gasteiger partial charge in [-0.15, -0.1) is 0 Å². The van der Waals surface area contributed by atoms with Crippen LogP contribution in [0.4, 0.5) is 5.82 Å². The summed E-state index contributed by atoms with van der Waals surface area (Å²) in [5.74, 6) is 0.794. The molecule has 0 radical (unpaired) electrons. The molecule has 1 N–H and O–H groups in total. The van der Waals surface area contributed by atoms with Gasteiger partial charge >= 0.3 is 0 Å². The van der Waals surface area contributed by atoms with E-state index in [1.807, 2.05) is 11.0 Å². The molecule has 1 aliphatic heterocycles. The molecule has 144 valence electrons. The summed E-state index contributed by atoms with van der Waals surface area (Å²) in [5, 5.41) is 24.3. The topological polar surface area (TPSA) is 115 Å². The van der Waals surface area contributed by atoms with Gasteiger partial charge in [-0.05, 0) is 18.2 Å². The average molecular weight is 398 g/mol. The lowest BCUT2D eigenvalue weighted by Gasteiger charge is -2.33. The highest BCUT2D eigenvalue weighted by molar-refractivity contribution is 7.88. The lowest BCUT2D eigenvalue weighted by molar-refractivity contribution is 0.387. The van der Waals surface area contributed by atoms with Gasteiger partial charge in [0.1, 0.15) is 17.6 Å². The molecule has 10 heteroatoms. The first-order valence-electron chi connectivity index (χ1n) is 8.64. The molecule has 4 rings (SSSR count). The van der Waals surface area contributed by atoms with E-state index in [1.54, 1.807) is 23.1 Å². The van der Waals surface area contributed by atoms with E-state index in [0.29, 0.717) is 42.9 Å². The third kappa shape index (κ3) is 3.26. The van der Waals surface area contributed by atoms with Crippen molar-refractivity contribution in [3.8, 4) is 17.5 Å². The number of benzene rings is 1. The zero-order valence-electron chi connectivity index (χ0n) is 15.1. The maximum atomic E-state index is 11.7. The van der Waals surface area contributed by atoms with E-state index >= 15 is 0 Å². The molecule has 0 aliphatic carbocycles. The third-order valence-corrected chi connectivity index (χ3v) is 6.10. The Balaban J connectivity index is 1.65. The zero-order chi connectivity index (χ0) is 19.9. The van der Waals surface area contributed by atoms with Gasteiger partial charge < -0.3 is 10.0 Å². The van der Waals surface area contributed by atoms with Crippen molar-refractivity contribution in [3.63, 3.8) is 0 Å². The van der Waals surface area contributed by atoms with Crippen LogP contribution in [0.15, 0.2) is 36.7 Å².